The minimum Gasteiger partial charge on any atom is -0.371 e. The molecule has 0 aromatic carbocycles. The molecule has 0 unspecified atom stereocenters. The molecule has 2 N–H and O–H groups in total. The normalized spacial score (nSPS) is 11.8. The Kier molecular flexibility index (Phi) is 2.88. The van der Waals surface area contributed by atoms with Crippen LogP contribution in [0, 0.1) is 0 Å². The van der Waals surface area contributed by atoms with Crippen LogP contribution in [0.4, 0.5) is 10.9 Å². The van der Waals surface area contributed by atoms with Gasteiger partial charge in [0.25, 0.3) is 10.0 Å². The highest BCUT2D eigenvalue weighted by Crippen LogP contribution is 2.27. The number of rotatable bonds is 4. The molecule has 0 saturated carbocycles. The van der Waals surface area contributed by atoms with Gasteiger partial charge < -0.3 is 5.32 Å². The number of hydrogen-bond donors (Lipinski definition) is 2. The smallest absolute Gasteiger partial charge is 0.283 e. The van der Waals surface area contributed by atoms with Crippen LogP contribution >= 0.6 is 22.7 Å². The largest absolute Gasteiger partial charge is 0.371 e. The summed E-state index contributed by atoms with van der Waals surface area (Å²) in [6, 6.07) is 0. The third-order valence-electron chi connectivity index (χ3n) is 2.29. The first kappa shape index (κ1) is 12.3. The summed E-state index contributed by atoms with van der Waals surface area (Å²) < 4.78 is 28.7. The SMILES string of the molecule is CNc1nc2sccn2c1S(=O)(=O)Nc1nncs1. The molecule has 3 aromatic heterocycles. The van der Waals surface area contributed by atoms with Crippen LogP contribution in [0.15, 0.2) is 22.1 Å². The molecule has 8 nitrogen and oxygen atoms in total. The number of imidazole rings is 1. The molecule has 0 aliphatic carbocycles. The summed E-state index contributed by atoms with van der Waals surface area (Å²) in [5, 5.41) is 12.1. The van der Waals surface area contributed by atoms with E-state index in [1.54, 1.807) is 18.6 Å². The lowest BCUT2D eigenvalue weighted by molar-refractivity contribution is 0.597. The second-order valence-electron chi connectivity index (χ2n) is 3.42. The quantitative estimate of drug-likeness (QED) is 0.747. The Hall–Kier alpha value is -1.72. The van der Waals surface area contributed by atoms with Gasteiger partial charge in [0.15, 0.2) is 10.8 Å². The predicted molar refractivity (Wildman–Crippen MR) is 73.3 cm³/mol. The molecule has 11 heteroatoms. The van der Waals surface area contributed by atoms with Gasteiger partial charge in [-0.1, -0.05) is 11.3 Å². The van der Waals surface area contributed by atoms with Crippen LogP contribution in [0.1, 0.15) is 0 Å². The second-order valence-corrected chi connectivity index (χ2v) is 6.72. The van der Waals surface area contributed by atoms with E-state index in [0.717, 1.165) is 11.3 Å². The summed E-state index contributed by atoms with van der Waals surface area (Å²) >= 11 is 2.46. The third kappa shape index (κ3) is 2.05. The van der Waals surface area contributed by atoms with Crippen LogP contribution in [-0.2, 0) is 10.0 Å². The Morgan fingerprint density at radius 1 is 1.37 bits per heavy atom. The topological polar surface area (TPSA) is 101 Å². The molecule has 0 spiro atoms. The summed E-state index contributed by atoms with van der Waals surface area (Å²) in [6.45, 7) is 0. The Morgan fingerprint density at radius 3 is 2.89 bits per heavy atom. The van der Waals surface area contributed by atoms with E-state index in [4.69, 9.17) is 0 Å². The van der Waals surface area contributed by atoms with Crippen molar-refractivity contribution in [3.8, 4) is 0 Å². The van der Waals surface area contributed by atoms with Crippen molar-refractivity contribution in [3.63, 3.8) is 0 Å². The van der Waals surface area contributed by atoms with E-state index >= 15 is 0 Å². The molecule has 0 bridgehead atoms. The highest BCUT2D eigenvalue weighted by atomic mass is 32.2. The van der Waals surface area contributed by atoms with E-state index in [9.17, 15) is 8.42 Å². The monoisotopic (exact) mass is 316 g/mol. The Labute approximate surface area is 116 Å². The summed E-state index contributed by atoms with van der Waals surface area (Å²) in [5.74, 6) is 0.295. The molecule has 19 heavy (non-hydrogen) atoms. The molecule has 0 fully saturated rings. The van der Waals surface area contributed by atoms with Crippen LogP contribution in [0.25, 0.3) is 4.96 Å². The molecular weight excluding hydrogens is 308 g/mol. The molecule has 3 rings (SSSR count). The van der Waals surface area contributed by atoms with Crippen molar-refractivity contribution in [2.75, 3.05) is 17.1 Å². The molecule has 0 saturated heterocycles. The van der Waals surface area contributed by atoms with Gasteiger partial charge in [-0.05, 0) is 0 Å². The minimum atomic E-state index is -3.78. The number of fused-ring (bicyclic) bond motifs is 1. The van der Waals surface area contributed by atoms with Crippen molar-refractivity contribution < 1.29 is 8.42 Å². The number of sulfonamides is 1. The summed E-state index contributed by atoms with van der Waals surface area (Å²) in [5.41, 5.74) is 1.45. The number of anilines is 2. The number of nitrogens with zero attached hydrogens (tertiary/aromatic N) is 4. The zero-order valence-electron chi connectivity index (χ0n) is 9.56. The van der Waals surface area contributed by atoms with Crippen molar-refractivity contribution in [2.24, 2.45) is 0 Å². The summed E-state index contributed by atoms with van der Waals surface area (Å²) in [7, 11) is -2.16. The summed E-state index contributed by atoms with van der Waals surface area (Å²) in [6.07, 6.45) is 1.66. The van der Waals surface area contributed by atoms with Crippen molar-refractivity contribution >= 4 is 48.6 Å². The Bertz CT molecular complexity index is 803. The Morgan fingerprint density at radius 2 is 2.21 bits per heavy atom. The van der Waals surface area contributed by atoms with Gasteiger partial charge in [-0.2, -0.15) is 8.42 Å². The van der Waals surface area contributed by atoms with Crippen molar-refractivity contribution in [3.05, 3.63) is 17.1 Å². The fraction of sp³-hybridized carbons (Fsp3) is 0.125. The maximum Gasteiger partial charge on any atom is 0.283 e. The molecule has 3 heterocycles. The third-order valence-corrected chi connectivity index (χ3v) is 5.15. The van der Waals surface area contributed by atoms with E-state index in [-0.39, 0.29) is 10.2 Å². The Balaban J connectivity index is 2.14. The number of thiazole rings is 1. The highest BCUT2D eigenvalue weighted by Gasteiger charge is 2.26. The highest BCUT2D eigenvalue weighted by molar-refractivity contribution is 7.93. The molecule has 0 aliphatic heterocycles. The first-order chi connectivity index (χ1) is 9.12. The fourth-order valence-electron chi connectivity index (χ4n) is 1.57. The standard InChI is InChI=1S/C8H8N6O2S3/c1-9-5-6(14-2-3-17-8(14)11-5)19(15,16)13-7-12-10-4-18-7/h2-4,9H,1H3,(H,12,13). The van der Waals surface area contributed by atoms with Crippen LogP contribution < -0.4 is 10.0 Å². The van der Waals surface area contributed by atoms with Gasteiger partial charge in [-0.3, -0.25) is 9.12 Å². The van der Waals surface area contributed by atoms with E-state index < -0.39 is 10.0 Å². The average molecular weight is 316 g/mol. The maximum absolute atomic E-state index is 12.4. The average Bonchev–Trinajstić information content (AvgIpc) is 3.01. The molecule has 0 aliphatic rings. The van der Waals surface area contributed by atoms with Gasteiger partial charge in [0.05, 0.1) is 0 Å². The van der Waals surface area contributed by atoms with E-state index in [1.807, 2.05) is 0 Å². The zero-order valence-corrected chi connectivity index (χ0v) is 12.0. The van der Waals surface area contributed by atoms with Crippen LogP contribution in [0.5, 0.6) is 0 Å². The van der Waals surface area contributed by atoms with E-state index in [1.165, 1.54) is 21.2 Å². The molecular formula is C8H8N6O2S3. The molecule has 0 amide bonds. The van der Waals surface area contributed by atoms with Crippen molar-refractivity contribution in [2.45, 2.75) is 5.03 Å². The molecule has 0 radical (unpaired) electrons. The molecule has 3 aromatic rings. The number of nitrogens with one attached hydrogen (secondary N) is 2. The van der Waals surface area contributed by atoms with Gasteiger partial charge in [0.2, 0.25) is 10.2 Å². The zero-order chi connectivity index (χ0) is 13.5. The summed E-state index contributed by atoms with van der Waals surface area (Å²) in [4.78, 5) is 4.80. The lowest BCUT2D eigenvalue weighted by Gasteiger charge is -2.05. The van der Waals surface area contributed by atoms with Crippen LogP contribution in [0.2, 0.25) is 0 Å². The first-order valence-electron chi connectivity index (χ1n) is 5.04. The first-order valence-corrected chi connectivity index (χ1v) is 8.28. The predicted octanol–water partition coefficient (Wildman–Crippen LogP) is 1.09. The van der Waals surface area contributed by atoms with Crippen molar-refractivity contribution in [1.82, 2.24) is 19.6 Å². The lowest BCUT2D eigenvalue weighted by Crippen LogP contribution is -2.16. The molecule has 0 atom stereocenters. The second kappa shape index (κ2) is 4.43. The van der Waals surface area contributed by atoms with E-state index in [0.29, 0.717) is 10.8 Å². The van der Waals surface area contributed by atoms with E-state index in [2.05, 4.69) is 25.2 Å². The van der Waals surface area contributed by atoms with Gasteiger partial charge in [-0.15, -0.1) is 21.5 Å². The van der Waals surface area contributed by atoms with Gasteiger partial charge in [0.1, 0.15) is 5.51 Å². The maximum atomic E-state index is 12.4. The van der Waals surface area contributed by atoms with Crippen LogP contribution in [0.3, 0.4) is 0 Å². The fourth-order valence-corrected chi connectivity index (χ4v) is 4.32. The number of aromatic nitrogens is 4. The molecule has 100 valence electrons. The van der Waals surface area contributed by atoms with Gasteiger partial charge >= 0.3 is 0 Å². The number of hydrogen-bond acceptors (Lipinski definition) is 8. The lowest BCUT2D eigenvalue weighted by atomic mass is 10.7. The van der Waals surface area contributed by atoms with Gasteiger partial charge in [0, 0.05) is 18.6 Å². The van der Waals surface area contributed by atoms with Crippen LogP contribution in [-0.4, -0.2) is 35.0 Å². The van der Waals surface area contributed by atoms with Gasteiger partial charge in [-0.25, -0.2) is 4.98 Å². The minimum absolute atomic E-state index is 0.0569. The van der Waals surface area contributed by atoms with Crippen molar-refractivity contribution in [1.29, 1.82) is 0 Å².